The van der Waals surface area contributed by atoms with Crippen LogP contribution < -0.4 is 5.73 Å². The monoisotopic (exact) mass is 273 g/mol. The van der Waals surface area contributed by atoms with E-state index in [1.807, 2.05) is 0 Å². The second kappa shape index (κ2) is 5.07. The summed E-state index contributed by atoms with van der Waals surface area (Å²) in [5, 5.41) is 7.29. The molecule has 1 unspecified atom stereocenters. The molecule has 18 heavy (non-hydrogen) atoms. The van der Waals surface area contributed by atoms with E-state index in [2.05, 4.69) is 4.98 Å². The molecule has 0 spiro atoms. The van der Waals surface area contributed by atoms with Crippen molar-refractivity contribution >= 4 is 15.9 Å². The van der Waals surface area contributed by atoms with Crippen LogP contribution >= 0.6 is 0 Å². The molecule has 0 saturated carbocycles. The first-order valence-corrected chi connectivity index (χ1v) is 6.90. The van der Waals surface area contributed by atoms with Gasteiger partial charge in [-0.1, -0.05) is 6.92 Å². The van der Waals surface area contributed by atoms with Crippen molar-refractivity contribution in [1.29, 1.82) is 5.41 Å². The van der Waals surface area contributed by atoms with Crippen LogP contribution in [0.15, 0.2) is 11.2 Å². The first-order chi connectivity index (χ1) is 8.16. The third-order valence-corrected chi connectivity index (χ3v) is 4.52. The summed E-state index contributed by atoms with van der Waals surface area (Å²) in [7, 11) is -0.427. The summed E-state index contributed by atoms with van der Waals surface area (Å²) in [4.78, 5) is 4.00. The zero-order valence-electron chi connectivity index (χ0n) is 11.0. The quantitative estimate of drug-likeness (QED) is 0.578. The molecule has 102 valence electrons. The molecule has 3 N–H and O–H groups in total. The van der Waals surface area contributed by atoms with Gasteiger partial charge in [-0.15, -0.1) is 0 Å². The van der Waals surface area contributed by atoms with E-state index in [4.69, 9.17) is 11.1 Å². The van der Waals surface area contributed by atoms with Crippen molar-refractivity contribution < 1.29 is 8.42 Å². The lowest BCUT2D eigenvalue weighted by molar-refractivity contribution is 0.441. The van der Waals surface area contributed by atoms with E-state index in [0.29, 0.717) is 5.82 Å². The smallest absolute Gasteiger partial charge is 0.261 e. The summed E-state index contributed by atoms with van der Waals surface area (Å²) in [5.41, 5.74) is 5.34. The Labute approximate surface area is 107 Å². The van der Waals surface area contributed by atoms with E-state index in [9.17, 15) is 8.42 Å². The Kier molecular flexibility index (Phi) is 4.12. The van der Waals surface area contributed by atoms with Gasteiger partial charge in [0.2, 0.25) is 0 Å². The molecule has 1 heterocycles. The highest BCUT2D eigenvalue weighted by Crippen LogP contribution is 2.14. The highest BCUT2D eigenvalue weighted by molar-refractivity contribution is 7.89. The molecule has 7 nitrogen and oxygen atoms in total. The second-order valence-corrected chi connectivity index (χ2v) is 6.37. The molecule has 0 aliphatic heterocycles. The highest BCUT2D eigenvalue weighted by atomic mass is 32.2. The number of rotatable bonds is 5. The maximum Gasteiger partial charge on any atom is 0.261 e. The van der Waals surface area contributed by atoms with Crippen LogP contribution in [0.4, 0.5) is 0 Å². The van der Waals surface area contributed by atoms with Gasteiger partial charge in [0.1, 0.15) is 5.82 Å². The number of aromatic nitrogens is 2. The summed E-state index contributed by atoms with van der Waals surface area (Å²) in [6, 6.07) is 0. The molecule has 0 saturated heterocycles. The van der Waals surface area contributed by atoms with Crippen LogP contribution in [0.1, 0.15) is 12.7 Å². The van der Waals surface area contributed by atoms with Crippen LogP contribution in [0.3, 0.4) is 0 Å². The lowest BCUT2D eigenvalue weighted by Crippen LogP contribution is -2.36. The molecule has 0 aliphatic rings. The molecule has 0 aromatic carbocycles. The lowest BCUT2D eigenvalue weighted by atomic mass is 10.2. The Bertz CT molecular complexity index is 529. The average Bonchev–Trinajstić information content (AvgIpc) is 2.59. The van der Waals surface area contributed by atoms with Gasteiger partial charge >= 0.3 is 0 Å². The van der Waals surface area contributed by atoms with Gasteiger partial charge in [0.25, 0.3) is 10.0 Å². The Morgan fingerprint density at radius 2 is 2.22 bits per heavy atom. The molecule has 0 amide bonds. The molecular formula is C10H19N5O2S. The van der Waals surface area contributed by atoms with Gasteiger partial charge in [-0.25, -0.2) is 13.4 Å². The number of nitrogens with one attached hydrogen (secondary N) is 1. The van der Waals surface area contributed by atoms with Crippen molar-refractivity contribution in [3.63, 3.8) is 0 Å². The van der Waals surface area contributed by atoms with Gasteiger partial charge in [0.15, 0.2) is 5.03 Å². The second-order valence-electron chi connectivity index (χ2n) is 4.38. The Hall–Kier alpha value is -1.41. The SMILES string of the molecule is Cc1nc(S(=O)(=O)N(C)CC(C)C(=N)N)cn1C. The third-order valence-electron chi connectivity index (χ3n) is 2.82. The van der Waals surface area contributed by atoms with E-state index in [1.165, 1.54) is 17.5 Å². The van der Waals surface area contributed by atoms with Crippen molar-refractivity contribution in [3.05, 3.63) is 12.0 Å². The van der Waals surface area contributed by atoms with Gasteiger partial charge in [-0.2, -0.15) is 4.31 Å². The van der Waals surface area contributed by atoms with Crippen molar-refractivity contribution in [2.24, 2.45) is 18.7 Å². The number of aryl methyl sites for hydroxylation is 2. The van der Waals surface area contributed by atoms with Crippen LogP contribution in [0, 0.1) is 18.3 Å². The van der Waals surface area contributed by atoms with Crippen LogP contribution in [0.25, 0.3) is 0 Å². The minimum Gasteiger partial charge on any atom is -0.387 e. The summed E-state index contributed by atoms with van der Waals surface area (Å²) >= 11 is 0. The van der Waals surface area contributed by atoms with Gasteiger partial charge < -0.3 is 10.3 Å². The largest absolute Gasteiger partial charge is 0.387 e. The predicted octanol–water partition coefficient (Wildman–Crippen LogP) is -0.0789. The maximum atomic E-state index is 12.2. The molecule has 1 aromatic heterocycles. The van der Waals surface area contributed by atoms with E-state index >= 15 is 0 Å². The van der Waals surface area contributed by atoms with Crippen molar-refractivity contribution in [3.8, 4) is 0 Å². The van der Waals surface area contributed by atoms with E-state index < -0.39 is 10.0 Å². The molecule has 1 atom stereocenters. The summed E-state index contributed by atoms with van der Waals surface area (Å²) in [6.45, 7) is 3.60. The Balaban J connectivity index is 2.96. The molecule has 0 aliphatic carbocycles. The Morgan fingerprint density at radius 3 is 2.61 bits per heavy atom. The first kappa shape index (κ1) is 14.7. The molecular weight excluding hydrogens is 254 g/mol. The van der Waals surface area contributed by atoms with Crippen molar-refractivity contribution in [1.82, 2.24) is 13.9 Å². The molecule has 0 fully saturated rings. The van der Waals surface area contributed by atoms with Gasteiger partial charge in [-0.05, 0) is 6.92 Å². The summed E-state index contributed by atoms with van der Waals surface area (Å²) in [5.74, 6) is 0.269. The topological polar surface area (TPSA) is 105 Å². The number of nitrogens with zero attached hydrogens (tertiary/aromatic N) is 3. The standard InChI is InChI=1S/C10H19N5O2S/c1-7(10(11)12)5-15(4)18(16,17)9-6-14(3)8(2)13-9/h6-7H,5H2,1-4H3,(H3,11,12). The van der Waals surface area contributed by atoms with Crippen molar-refractivity contribution in [2.75, 3.05) is 13.6 Å². The number of nitrogens with two attached hydrogens (primary N) is 1. The first-order valence-electron chi connectivity index (χ1n) is 5.46. The fourth-order valence-corrected chi connectivity index (χ4v) is 2.67. The number of sulfonamides is 1. The highest BCUT2D eigenvalue weighted by Gasteiger charge is 2.25. The van der Waals surface area contributed by atoms with E-state index in [0.717, 1.165) is 0 Å². The minimum absolute atomic E-state index is 0.0146. The summed E-state index contributed by atoms with van der Waals surface area (Å²) in [6.07, 6.45) is 1.47. The third kappa shape index (κ3) is 2.88. The Morgan fingerprint density at radius 1 is 1.67 bits per heavy atom. The molecule has 1 aromatic rings. The zero-order chi connectivity index (χ0) is 14.1. The van der Waals surface area contributed by atoms with E-state index in [-0.39, 0.29) is 23.3 Å². The fraction of sp³-hybridized carbons (Fsp3) is 0.600. The number of imidazole rings is 1. The number of amidine groups is 1. The minimum atomic E-state index is -3.62. The van der Waals surface area contributed by atoms with Crippen molar-refractivity contribution in [2.45, 2.75) is 18.9 Å². The molecule has 8 heteroatoms. The normalized spacial score (nSPS) is 13.8. The number of hydrogen-bond donors (Lipinski definition) is 2. The van der Waals surface area contributed by atoms with Gasteiger partial charge in [0, 0.05) is 32.8 Å². The lowest BCUT2D eigenvalue weighted by Gasteiger charge is -2.19. The zero-order valence-corrected chi connectivity index (χ0v) is 11.8. The van der Waals surface area contributed by atoms with E-state index in [1.54, 1.807) is 25.5 Å². The van der Waals surface area contributed by atoms with Crippen LogP contribution in [0.2, 0.25) is 0 Å². The maximum absolute atomic E-state index is 12.2. The van der Waals surface area contributed by atoms with Gasteiger partial charge in [0.05, 0.1) is 5.84 Å². The fourth-order valence-electron chi connectivity index (χ4n) is 1.39. The van der Waals surface area contributed by atoms with Crippen LogP contribution in [-0.4, -0.2) is 41.7 Å². The molecule has 0 radical (unpaired) electrons. The molecule has 0 bridgehead atoms. The number of hydrogen-bond acceptors (Lipinski definition) is 4. The molecule has 1 rings (SSSR count). The van der Waals surface area contributed by atoms with Gasteiger partial charge in [-0.3, -0.25) is 5.41 Å². The summed E-state index contributed by atoms with van der Waals surface area (Å²) < 4.78 is 27.2. The van der Waals surface area contributed by atoms with Crippen LogP contribution in [0.5, 0.6) is 0 Å². The van der Waals surface area contributed by atoms with Crippen LogP contribution in [-0.2, 0) is 17.1 Å². The average molecular weight is 273 g/mol. The predicted molar refractivity (Wildman–Crippen MR) is 68.8 cm³/mol.